The summed E-state index contributed by atoms with van der Waals surface area (Å²) >= 11 is 0. The lowest BCUT2D eigenvalue weighted by molar-refractivity contribution is -0.149. The fourth-order valence-corrected chi connectivity index (χ4v) is 4.40. The number of carbonyl (C=O) groups is 2. The number of nitrogens with zero attached hydrogens (tertiary/aromatic N) is 3. The number of piperidine rings is 1. The molecule has 200 valence electrons. The second kappa shape index (κ2) is 11.9. The van der Waals surface area contributed by atoms with Gasteiger partial charge in [-0.15, -0.1) is 0 Å². The number of nitrogens with one attached hydrogen (secondary N) is 1. The molecule has 1 N–H and O–H groups in total. The van der Waals surface area contributed by atoms with Crippen molar-refractivity contribution < 1.29 is 19.1 Å². The van der Waals surface area contributed by atoms with Gasteiger partial charge in [0.25, 0.3) is 11.5 Å². The first kappa shape index (κ1) is 26.9. The summed E-state index contributed by atoms with van der Waals surface area (Å²) in [5.74, 6) is 0.601. The minimum Gasteiger partial charge on any atom is -0.466 e. The minimum atomic E-state index is -0.347. The Morgan fingerprint density at radius 3 is 2.47 bits per heavy atom. The molecule has 1 saturated heterocycles. The molecule has 1 aromatic heterocycles. The van der Waals surface area contributed by atoms with E-state index in [1.54, 1.807) is 43.1 Å². The number of aromatic nitrogens is 2. The molecule has 0 spiro atoms. The summed E-state index contributed by atoms with van der Waals surface area (Å²) in [7, 11) is 1.57. The molecule has 1 atom stereocenters. The van der Waals surface area contributed by atoms with E-state index in [1.807, 2.05) is 24.3 Å². The normalized spacial score (nSPS) is 15.3. The van der Waals surface area contributed by atoms with Crippen molar-refractivity contribution in [1.29, 1.82) is 0 Å². The maximum absolute atomic E-state index is 13.1. The molecule has 9 nitrogen and oxygen atoms in total. The fourth-order valence-electron chi connectivity index (χ4n) is 4.40. The van der Waals surface area contributed by atoms with Crippen LogP contribution in [0.15, 0.2) is 59.5 Å². The second-order valence-electron chi connectivity index (χ2n) is 9.68. The molecule has 4 rings (SSSR count). The molecule has 0 radical (unpaired) electrons. The van der Waals surface area contributed by atoms with Crippen LogP contribution in [0.25, 0.3) is 0 Å². The van der Waals surface area contributed by atoms with Crippen molar-refractivity contribution in [1.82, 2.24) is 14.7 Å². The van der Waals surface area contributed by atoms with Gasteiger partial charge in [0, 0.05) is 31.4 Å². The number of esters is 1. The van der Waals surface area contributed by atoms with Crippen molar-refractivity contribution in [3.8, 4) is 11.5 Å². The lowest BCUT2D eigenvalue weighted by atomic mass is 9.97. The minimum absolute atomic E-state index is 0.140. The molecule has 0 saturated carbocycles. The van der Waals surface area contributed by atoms with Crippen LogP contribution in [-0.4, -0.2) is 46.3 Å². The van der Waals surface area contributed by atoms with Crippen molar-refractivity contribution in [2.24, 2.45) is 13.0 Å². The number of benzene rings is 2. The quantitative estimate of drug-likeness (QED) is 0.425. The number of ether oxygens (including phenoxy) is 2. The molecule has 1 aliphatic heterocycles. The molecule has 1 fully saturated rings. The number of hydrogen-bond acceptors (Lipinski definition) is 7. The van der Waals surface area contributed by atoms with Gasteiger partial charge in [0.15, 0.2) is 11.4 Å². The maximum Gasteiger partial charge on any atom is 0.310 e. The second-order valence-corrected chi connectivity index (χ2v) is 9.68. The number of carbonyl (C=O) groups excluding carboxylic acids is 2. The van der Waals surface area contributed by atoms with Gasteiger partial charge in [0.1, 0.15) is 5.75 Å². The summed E-state index contributed by atoms with van der Waals surface area (Å²) in [4.78, 5) is 39.8. The Morgan fingerprint density at radius 2 is 1.82 bits per heavy atom. The largest absolute Gasteiger partial charge is 0.466 e. The first-order valence-corrected chi connectivity index (χ1v) is 12.9. The molecule has 9 heteroatoms. The van der Waals surface area contributed by atoms with E-state index in [9.17, 15) is 14.4 Å². The third kappa shape index (κ3) is 6.22. The van der Waals surface area contributed by atoms with Gasteiger partial charge in [-0.3, -0.25) is 14.4 Å². The topological polar surface area (TPSA) is 103 Å². The molecule has 38 heavy (non-hydrogen) atoms. The smallest absolute Gasteiger partial charge is 0.310 e. The third-order valence-corrected chi connectivity index (χ3v) is 6.61. The molecular weight excluding hydrogens is 484 g/mol. The molecule has 2 heterocycles. The van der Waals surface area contributed by atoms with E-state index >= 15 is 0 Å². The molecule has 1 amide bonds. The Balaban J connectivity index is 1.49. The van der Waals surface area contributed by atoms with Crippen LogP contribution in [0.1, 0.15) is 55.5 Å². The Morgan fingerprint density at radius 1 is 1.11 bits per heavy atom. The van der Waals surface area contributed by atoms with E-state index in [4.69, 9.17) is 9.47 Å². The molecule has 2 aromatic carbocycles. The zero-order valence-corrected chi connectivity index (χ0v) is 22.3. The Labute approximate surface area is 222 Å². The summed E-state index contributed by atoms with van der Waals surface area (Å²) in [6.45, 7) is 7.29. The number of anilines is 2. The zero-order chi connectivity index (χ0) is 27.2. The van der Waals surface area contributed by atoms with Crippen LogP contribution in [0, 0.1) is 5.92 Å². The lowest BCUT2D eigenvalue weighted by Crippen LogP contribution is -2.42. The first-order valence-electron chi connectivity index (χ1n) is 12.9. The molecule has 1 aliphatic rings. The highest BCUT2D eigenvalue weighted by Gasteiger charge is 2.29. The van der Waals surface area contributed by atoms with E-state index in [1.165, 1.54) is 16.4 Å². The molecule has 0 unspecified atom stereocenters. The van der Waals surface area contributed by atoms with Crippen LogP contribution in [0.3, 0.4) is 0 Å². The monoisotopic (exact) mass is 518 g/mol. The zero-order valence-electron chi connectivity index (χ0n) is 22.3. The summed E-state index contributed by atoms with van der Waals surface area (Å²) in [6.07, 6.45) is 2.97. The summed E-state index contributed by atoms with van der Waals surface area (Å²) in [5.41, 5.74) is 2.20. The highest BCUT2D eigenvalue weighted by Crippen LogP contribution is 2.29. The Kier molecular flexibility index (Phi) is 8.45. The number of amides is 1. The van der Waals surface area contributed by atoms with Crippen LogP contribution in [0.2, 0.25) is 0 Å². The highest BCUT2D eigenvalue weighted by molar-refractivity contribution is 5.95. The lowest BCUT2D eigenvalue weighted by Gasteiger charge is -2.31. The van der Waals surface area contributed by atoms with Gasteiger partial charge in [0.2, 0.25) is 0 Å². The van der Waals surface area contributed by atoms with Gasteiger partial charge >= 0.3 is 5.97 Å². The van der Waals surface area contributed by atoms with E-state index in [0.717, 1.165) is 12.8 Å². The van der Waals surface area contributed by atoms with Crippen molar-refractivity contribution in [3.05, 3.63) is 76.2 Å². The van der Waals surface area contributed by atoms with Crippen molar-refractivity contribution in [2.75, 3.05) is 25.0 Å². The third-order valence-electron chi connectivity index (χ3n) is 6.61. The van der Waals surface area contributed by atoms with Crippen LogP contribution in [0.5, 0.6) is 11.5 Å². The van der Waals surface area contributed by atoms with Crippen LogP contribution in [-0.2, 0) is 16.6 Å². The van der Waals surface area contributed by atoms with Gasteiger partial charge in [-0.05, 0) is 67.6 Å². The van der Waals surface area contributed by atoms with Gasteiger partial charge in [-0.2, -0.15) is 5.10 Å². The van der Waals surface area contributed by atoms with E-state index in [-0.39, 0.29) is 29.0 Å². The molecule has 3 aromatic rings. The first-order chi connectivity index (χ1) is 18.3. The van der Waals surface area contributed by atoms with E-state index in [0.29, 0.717) is 48.4 Å². The Bertz CT molecular complexity index is 1330. The fraction of sp³-hybridized carbons (Fsp3) is 0.379. The summed E-state index contributed by atoms with van der Waals surface area (Å²) < 4.78 is 12.4. The molecule has 0 bridgehead atoms. The predicted octanol–water partition coefficient (Wildman–Crippen LogP) is 4.85. The van der Waals surface area contributed by atoms with Crippen LogP contribution < -0.4 is 15.6 Å². The van der Waals surface area contributed by atoms with Crippen molar-refractivity contribution >= 4 is 23.3 Å². The average Bonchev–Trinajstić information content (AvgIpc) is 2.93. The van der Waals surface area contributed by atoms with Crippen molar-refractivity contribution in [3.63, 3.8) is 0 Å². The van der Waals surface area contributed by atoms with Gasteiger partial charge in [-0.1, -0.05) is 26.0 Å². The highest BCUT2D eigenvalue weighted by atomic mass is 16.5. The molecular formula is C29H34N4O5. The average molecular weight is 519 g/mol. The van der Waals surface area contributed by atoms with Crippen LogP contribution in [0.4, 0.5) is 11.4 Å². The van der Waals surface area contributed by atoms with Gasteiger partial charge in [0.05, 0.1) is 18.7 Å². The molecule has 0 aliphatic carbocycles. The summed E-state index contributed by atoms with van der Waals surface area (Å²) in [5, 5.41) is 7.23. The number of hydrogen-bond donors (Lipinski definition) is 1. The standard InChI is InChI=1S/C29H34N4O5/c1-5-37-29(36)22-7-6-16-33(18-22)27(34)21-8-12-23(13-9-21)31-26-25(17-30-32(4)28(26)35)38-24-14-10-20(11-15-24)19(2)3/h8-15,17,19,22,31H,5-7,16,18H2,1-4H3/t22-/m0/s1. The van der Waals surface area contributed by atoms with Gasteiger partial charge < -0.3 is 19.7 Å². The van der Waals surface area contributed by atoms with Gasteiger partial charge in [-0.25, -0.2) is 4.68 Å². The SMILES string of the molecule is CCOC(=O)[C@H]1CCCN(C(=O)c2ccc(Nc3c(Oc4ccc(C(C)C)cc4)cnn(C)c3=O)cc2)C1. The number of likely N-dealkylation sites (tertiary alicyclic amines) is 1. The Hall–Kier alpha value is -4.14. The predicted molar refractivity (Wildman–Crippen MR) is 145 cm³/mol. The van der Waals surface area contributed by atoms with E-state index < -0.39 is 0 Å². The maximum atomic E-state index is 13.1. The summed E-state index contributed by atoms with van der Waals surface area (Å²) in [6, 6.07) is 14.6. The number of rotatable bonds is 8. The van der Waals surface area contributed by atoms with Crippen LogP contribution >= 0.6 is 0 Å². The van der Waals surface area contributed by atoms with E-state index in [2.05, 4.69) is 24.3 Å². The number of aryl methyl sites for hydroxylation is 1. The van der Waals surface area contributed by atoms with Crippen molar-refractivity contribution in [2.45, 2.75) is 39.5 Å².